The van der Waals surface area contributed by atoms with Gasteiger partial charge in [-0.3, -0.25) is 19.4 Å². The van der Waals surface area contributed by atoms with Gasteiger partial charge in [-0.15, -0.1) is 11.3 Å². The van der Waals surface area contributed by atoms with Crippen LogP contribution in [0.25, 0.3) is 0 Å². The molecule has 162 valence electrons. The van der Waals surface area contributed by atoms with Gasteiger partial charge < -0.3 is 0 Å². The van der Waals surface area contributed by atoms with Crippen LogP contribution in [0.2, 0.25) is 0 Å². The summed E-state index contributed by atoms with van der Waals surface area (Å²) in [6, 6.07) is 0. The van der Waals surface area contributed by atoms with Crippen molar-refractivity contribution in [2.75, 3.05) is 38.5 Å². The van der Waals surface area contributed by atoms with Crippen LogP contribution in [-0.2, 0) is 31.6 Å². The van der Waals surface area contributed by atoms with Crippen LogP contribution in [0.4, 0.5) is 0 Å². The Morgan fingerprint density at radius 1 is 1.07 bits per heavy atom. The molecule has 8 nitrogen and oxygen atoms in total. The van der Waals surface area contributed by atoms with E-state index in [1.807, 2.05) is 0 Å². The van der Waals surface area contributed by atoms with Gasteiger partial charge in [-0.25, -0.2) is 13.4 Å². The molecule has 0 saturated carbocycles. The van der Waals surface area contributed by atoms with Crippen molar-refractivity contribution >= 4 is 33.2 Å². The van der Waals surface area contributed by atoms with Crippen molar-refractivity contribution < 1.29 is 18.0 Å². The highest BCUT2D eigenvalue weighted by molar-refractivity contribution is 7.89. The lowest BCUT2D eigenvalue weighted by Gasteiger charge is -2.34. The monoisotopic (exact) mass is 442 g/mol. The lowest BCUT2D eigenvalue weighted by molar-refractivity contribution is -0.147. The first kappa shape index (κ1) is 22.3. The van der Waals surface area contributed by atoms with E-state index in [1.54, 1.807) is 11.3 Å². The molecule has 3 heterocycles. The van der Waals surface area contributed by atoms with Gasteiger partial charge in [0.2, 0.25) is 21.8 Å². The fourth-order valence-corrected chi connectivity index (χ4v) is 5.92. The van der Waals surface area contributed by atoms with Gasteiger partial charge in [-0.05, 0) is 6.42 Å². The van der Waals surface area contributed by atoms with E-state index in [4.69, 9.17) is 4.98 Å². The van der Waals surface area contributed by atoms with E-state index >= 15 is 0 Å². The number of carbonyl (C=O) groups is 2. The number of aromatic nitrogens is 1. The van der Waals surface area contributed by atoms with Crippen LogP contribution >= 0.6 is 11.3 Å². The number of piperazine rings is 1. The van der Waals surface area contributed by atoms with Crippen molar-refractivity contribution in [2.45, 2.75) is 52.0 Å². The predicted octanol–water partition coefficient (Wildman–Crippen LogP) is 1.43. The number of likely N-dealkylation sites (tertiary alicyclic amines) is 1. The number of thiazole rings is 1. The van der Waals surface area contributed by atoms with Crippen LogP contribution in [0.15, 0.2) is 5.38 Å². The van der Waals surface area contributed by atoms with Gasteiger partial charge in [0.05, 0.1) is 18.0 Å². The van der Waals surface area contributed by atoms with Crippen LogP contribution in [0, 0.1) is 0 Å². The molecule has 0 aromatic carbocycles. The molecule has 0 spiro atoms. The van der Waals surface area contributed by atoms with Crippen molar-refractivity contribution in [1.29, 1.82) is 0 Å². The van der Waals surface area contributed by atoms with E-state index in [0.29, 0.717) is 45.4 Å². The third kappa shape index (κ3) is 5.62. The number of piperidine rings is 1. The first-order valence-electron chi connectivity index (χ1n) is 10.0. The van der Waals surface area contributed by atoms with Crippen molar-refractivity contribution in [1.82, 2.24) is 19.1 Å². The summed E-state index contributed by atoms with van der Waals surface area (Å²) in [7, 11) is -3.49. The third-order valence-corrected chi connectivity index (χ3v) is 8.04. The molecule has 1 aromatic rings. The first-order valence-corrected chi connectivity index (χ1v) is 12.5. The minimum Gasteiger partial charge on any atom is -0.294 e. The zero-order valence-electron chi connectivity index (χ0n) is 17.4. The highest BCUT2D eigenvalue weighted by atomic mass is 32.2. The molecule has 10 heteroatoms. The van der Waals surface area contributed by atoms with Crippen molar-refractivity contribution in [3.05, 3.63) is 16.1 Å². The average molecular weight is 443 g/mol. The summed E-state index contributed by atoms with van der Waals surface area (Å²) in [4.78, 5) is 31.8. The lowest BCUT2D eigenvalue weighted by atomic mass is 9.93. The van der Waals surface area contributed by atoms with E-state index in [9.17, 15) is 18.0 Å². The molecule has 0 atom stereocenters. The summed E-state index contributed by atoms with van der Waals surface area (Å²) in [6.07, 6.45) is 1.19. The van der Waals surface area contributed by atoms with Gasteiger partial charge in [0.1, 0.15) is 5.01 Å². The third-order valence-electron chi connectivity index (χ3n) is 5.36. The second-order valence-corrected chi connectivity index (χ2v) is 11.7. The SMILES string of the molecule is CC(C)(C)c1csc(CN2CCN(S(=O)(=O)CCN3C(=O)CCCC3=O)CC2)n1. The summed E-state index contributed by atoms with van der Waals surface area (Å²) in [5.41, 5.74) is 1.11. The Kier molecular flexibility index (Phi) is 6.77. The van der Waals surface area contributed by atoms with E-state index in [-0.39, 0.29) is 29.5 Å². The number of imide groups is 1. The molecule has 2 saturated heterocycles. The second kappa shape index (κ2) is 8.79. The Morgan fingerprint density at radius 2 is 1.69 bits per heavy atom. The lowest BCUT2D eigenvalue weighted by Crippen LogP contribution is -2.50. The smallest absolute Gasteiger partial charge is 0.229 e. The zero-order valence-corrected chi connectivity index (χ0v) is 19.0. The number of amides is 2. The van der Waals surface area contributed by atoms with Gasteiger partial charge in [0, 0.05) is 56.4 Å². The Bertz CT molecular complexity index is 836. The van der Waals surface area contributed by atoms with Crippen molar-refractivity contribution in [3.63, 3.8) is 0 Å². The van der Waals surface area contributed by atoms with Crippen LogP contribution in [0.3, 0.4) is 0 Å². The summed E-state index contributed by atoms with van der Waals surface area (Å²) in [5, 5.41) is 3.15. The maximum absolute atomic E-state index is 12.7. The van der Waals surface area contributed by atoms with E-state index in [0.717, 1.165) is 22.1 Å². The second-order valence-electron chi connectivity index (χ2n) is 8.66. The Labute approximate surface area is 176 Å². The largest absolute Gasteiger partial charge is 0.294 e. The van der Waals surface area contributed by atoms with Crippen molar-refractivity contribution in [2.24, 2.45) is 0 Å². The van der Waals surface area contributed by atoms with E-state index < -0.39 is 10.0 Å². The molecule has 2 amide bonds. The van der Waals surface area contributed by atoms with E-state index in [1.165, 1.54) is 4.31 Å². The number of nitrogens with zero attached hydrogens (tertiary/aromatic N) is 4. The molecule has 0 bridgehead atoms. The highest BCUT2D eigenvalue weighted by Gasteiger charge is 2.31. The first-order chi connectivity index (χ1) is 13.6. The van der Waals surface area contributed by atoms with Crippen LogP contribution < -0.4 is 0 Å². The molecule has 2 aliphatic heterocycles. The highest BCUT2D eigenvalue weighted by Crippen LogP contribution is 2.25. The molecule has 2 aliphatic rings. The molecule has 0 unspecified atom stereocenters. The molecule has 2 fully saturated rings. The minimum atomic E-state index is -3.49. The summed E-state index contributed by atoms with van der Waals surface area (Å²) >= 11 is 1.65. The topological polar surface area (TPSA) is 90.9 Å². The number of sulfonamides is 1. The number of rotatable bonds is 6. The number of carbonyl (C=O) groups excluding carboxylic acids is 2. The summed E-state index contributed by atoms with van der Waals surface area (Å²) in [5.74, 6) is -0.731. The average Bonchev–Trinajstić information content (AvgIpc) is 3.11. The predicted molar refractivity (Wildman–Crippen MR) is 112 cm³/mol. The summed E-state index contributed by atoms with van der Waals surface area (Å²) in [6.45, 7) is 9.22. The Balaban J connectivity index is 1.49. The van der Waals surface area contributed by atoms with Gasteiger partial charge >= 0.3 is 0 Å². The molecule has 0 radical (unpaired) electrons. The van der Waals surface area contributed by atoms with Crippen LogP contribution in [0.1, 0.15) is 50.7 Å². The Morgan fingerprint density at radius 3 is 2.24 bits per heavy atom. The maximum atomic E-state index is 12.7. The van der Waals surface area contributed by atoms with E-state index in [2.05, 4.69) is 31.1 Å². The van der Waals surface area contributed by atoms with Gasteiger partial charge in [-0.1, -0.05) is 20.8 Å². The van der Waals surface area contributed by atoms with Crippen molar-refractivity contribution in [3.8, 4) is 0 Å². The summed E-state index contributed by atoms with van der Waals surface area (Å²) < 4.78 is 26.8. The van der Waals surface area contributed by atoms with Crippen LogP contribution in [0.5, 0.6) is 0 Å². The molecular weight excluding hydrogens is 412 g/mol. The Hall–Kier alpha value is -1.36. The fraction of sp³-hybridized carbons (Fsp3) is 0.737. The normalized spacial score (nSPS) is 20.4. The fourth-order valence-electron chi connectivity index (χ4n) is 3.47. The van der Waals surface area contributed by atoms with Crippen LogP contribution in [-0.4, -0.2) is 77.8 Å². The molecule has 29 heavy (non-hydrogen) atoms. The minimum absolute atomic E-state index is 0.0264. The molecular formula is C19H30N4O4S2. The maximum Gasteiger partial charge on any atom is 0.229 e. The van der Waals surface area contributed by atoms with Gasteiger partial charge in [-0.2, -0.15) is 4.31 Å². The zero-order chi connectivity index (χ0) is 21.2. The number of hydrogen-bond acceptors (Lipinski definition) is 7. The number of hydrogen-bond donors (Lipinski definition) is 0. The quantitative estimate of drug-likeness (QED) is 0.619. The molecule has 1 aromatic heterocycles. The van der Waals surface area contributed by atoms with Gasteiger partial charge in [0.15, 0.2) is 0 Å². The van der Waals surface area contributed by atoms with Gasteiger partial charge in [0.25, 0.3) is 0 Å². The standard InChI is InChI=1S/C19H30N4O4S2/c1-19(2,3)15-14-28-16(20-15)13-21-7-9-22(10-8-21)29(26,27)12-11-23-17(24)5-4-6-18(23)25/h14H,4-13H2,1-3H3. The molecule has 0 N–H and O–H groups in total. The molecule has 3 rings (SSSR count). The molecule has 0 aliphatic carbocycles.